The number of carbonyl (C=O) groups is 1. The Bertz CT molecular complexity index is 882. The van der Waals surface area contributed by atoms with Crippen molar-refractivity contribution in [2.24, 2.45) is 5.73 Å². The van der Waals surface area contributed by atoms with Crippen LogP contribution in [0.2, 0.25) is 0 Å². The first kappa shape index (κ1) is 19.5. The van der Waals surface area contributed by atoms with Crippen LogP contribution < -0.4 is 5.73 Å². The summed E-state index contributed by atoms with van der Waals surface area (Å²) >= 11 is 0. The van der Waals surface area contributed by atoms with Crippen molar-refractivity contribution in [3.05, 3.63) is 65.7 Å². The standard InChI is InChI=1S/C20H25N3O3S/c1-16-8-10-18(11-9-16)27(25,26)23-13-5-12-22(14-15-23)19(20(21)24)17-6-3-2-4-7-17/h2-4,6-11,19H,5,12-15H2,1H3,(H2,21,24). The van der Waals surface area contributed by atoms with E-state index in [0.29, 0.717) is 37.5 Å². The van der Waals surface area contributed by atoms with Crippen LogP contribution in [0.15, 0.2) is 59.5 Å². The largest absolute Gasteiger partial charge is 0.368 e. The molecule has 7 heteroatoms. The molecule has 0 bridgehead atoms. The molecule has 1 aliphatic heterocycles. The number of primary amides is 1. The Morgan fingerprint density at radius 2 is 1.63 bits per heavy atom. The molecule has 1 saturated heterocycles. The summed E-state index contributed by atoms with van der Waals surface area (Å²) < 4.78 is 27.4. The first-order valence-corrected chi connectivity index (χ1v) is 10.5. The molecule has 1 heterocycles. The molecule has 0 aromatic heterocycles. The van der Waals surface area contributed by atoms with Gasteiger partial charge >= 0.3 is 0 Å². The molecule has 3 rings (SSSR count). The topological polar surface area (TPSA) is 83.7 Å². The van der Waals surface area contributed by atoms with Gasteiger partial charge in [0.25, 0.3) is 0 Å². The van der Waals surface area contributed by atoms with Crippen molar-refractivity contribution in [3.8, 4) is 0 Å². The number of nitrogens with two attached hydrogens (primary N) is 1. The summed E-state index contributed by atoms with van der Waals surface area (Å²) in [6.45, 7) is 3.74. The number of hydrogen-bond donors (Lipinski definition) is 1. The Morgan fingerprint density at radius 3 is 2.26 bits per heavy atom. The highest BCUT2D eigenvalue weighted by molar-refractivity contribution is 7.89. The molecule has 144 valence electrons. The molecule has 1 aliphatic rings. The van der Waals surface area contributed by atoms with Gasteiger partial charge in [0.15, 0.2) is 0 Å². The predicted octanol–water partition coefficient (Wildman–Crippen LogP) is 1.92. The fourth-order valence-electron chi connectivity index (χ4n) is 3.46. The number of hydrogen-bond acceptors (Lipinski definition) is 4. The minimum absolute atomic E-state index is 0.302. The van der Waals surface area contributed by atoms with Crippen LogP contribution in [-0.4, -0.2) is 49.7 Å². The van der Waals surface area contributed by atoms with Crippen molar-refractivity contribution < 1.29 is 13.2 Å². The lowest BCUT2D eigenvalue weighted by atomic mass is 10.0. The van der Waals surface area contributed by atoms with Crippen LogP contribution in [0.4, 0.5) is 0 Å². The summed E-state index contributed by atoms with van der Waals surface area (Å²) in [5.41, 5.74) is 7.51. The minimum Gasteiger partial charge on any atom is -0.368 e. The van der Waals surface area contributed by atoms with Gasteiger partial charge in [-0.2, -0.15) is 4.31 Å². The number of rotatable bonds is 5. The zero-order valence-electron chi connectivity index (χ0n) is 15.4. The molecule has 0 spiro atoms. The minimum atomic E-state index is -3.55. The Labute approximate surface area is 160 Å². The third-order valence-corrected chi connectivity index (χ3v) is 6.81. The maximum atomic E-state index is 12.9. The van der Waals surface area contributed by atoms with Gasteiger partial charge in [-0.05, 0) is 31.0 Å². The van der Waals surface area contributed by atoms with Gasteiger partial charge in [-0.1, -0.05) is 48.0 Å². The fourth-order valence-corrected chi connectivity index (χ4v) is 4.93. The van der Waals surface area contributed by atoms with Gasteiger partial charge in [-0.25, -0.2) is 8.42 Å². The number of carbonyl (C=O) groups excluding carboxylic acids is 1. The van der Waals surface area contributed by atoms with Crippen LogP contribution in [0.1, 0.15) is 23.6 Å². The van der Waals surface area contributed by atoms with E-state index in [4.69, 9.17) is 5.73 Å². The highest BCUT2D eigenvalue weighted by atomic mass is 32.2. The second-order valence-electron chi connectivity index (χ2n) is 6.82. The molecule has 0 radical (unpaired) electrons. The molecule has 1 fully saturated rings. The lowest BCUT2D eigenvalue weighted by Crippen LogP contribution is -2.40. The van der Waals surface area contributed by atoms with E-state index in [1.54, 1.807) is 24.3 Å². The Kier molecular flexibility index (Phi) is 5.94. The van der Waals surface area contributed by atoms with E-state index >= 15 is 0 Å². The normalized spacial score (nSPS) is 18.0. The van der Waals surface area contributed by atoms with Crippen LogP contribution in [-0.2, 0) is 14.8 Å². The van der Waals surface area contributed by atoms with Crippen LogP contribution in [0.3, 0.4) is 0 Å². The Balaban J connectivity index is 1.78. The molecule has 0 saturated carbocycles. The summed E-state index contributed by atoms with van der Waals surface area (Å²) in [6, 6.07) is 15.7. The number of sulfonamides is 1. The van der Waals surface area contributed by atoms with Gasteiger partial charge in [0.2, 0.25) is 15.9 Å². The van der Waals surface area contributed by atoms with Crippen molar-refractivity contribution >= 4 is 15.9 Å². The molecule has 2 aromatic carbocycles. The second-order valence-corrected chi connectivity index (χ2v) is 8.76. The zero-order chi connectivity index (χ0) is 19.4. The van der Waals surface area contributed by atoms with Crippen LogP contribution >= 0.6 is 0 Å². The summed E-state index contributed by atoms with van der Waals surface area (Å²) in [4.78, 5) is 14.4. The number of benzene rings is 2. The van der Waals surface area contributed by atoms with Crippen molar-refractivity contribution in [2.75, 3.05) is 26.2 Å². The van der Waals surface area contributed by atoms with E-state index in [1.165, 1.54) is 4.31 Å². The SMILES string of the molecule is Cc1ccc(S(=O)(=O)N2CCCN(C(C(N)=O)c3ccccc3)CC2)cc1. The molecule has 0 aliphatic carbocycles. The maximum absolute atomic E-state index is 12.9. The highest BCUT2D eigenvalue weighted by Crippen LogP contribution is 2.24. The molecular formula is C20H25N3O3S. The van der Waals surface area contributed by atoms with Crippen molar-refractivity contribution in [1.29, 1.82) is 0 Å². The van der Waals surface area contributed by atoms with Crippen LogP contribution in [0.5, 0.6) is 0 Å². The molecular weight excluding hydrogens is 362 g/mol. The number of aryl methyl sites for hydroxylation is 1. The van der Waals surface area contributed by atoms with Gasteiger partial charge < -0.3 is 5.73 Å². The summed E-state index contributed by atoms with van der Waals surface area (Å²) in [5.74, 6) is -0.420. The van der Waals surface area contributed by atoms with Gasteiger partial charge in [-0.3, -0.25) is 9.69 Å². The molecule has 1 atom stereocenters. The van der Waals surface area contributed by atoms with Crippen LogP contribution in [0.25, 0.3) is 0 Å². The lowest BCUT2D eigenvalue weighted by molar-refractivity contribution is -0.123. The van der Waals surface area contributed by atoms with Crippen molar-refractivity contribution in [3.63, 3.8) is 0 Å². The molecule has 1 amide bonds. The fraction of sp³-hybridized carbons (Fsp3) is 0.350. The molecule has 2 N–H and O–H groups in total. The van der Waals surface area contributed by atoms with Gasteiger partial charge in [0.05, 0.1) is 4.90 Å². The quantitative estimate of drug-likeness (QED) is 0.850. The molecule has 6 nitrogen and oxygen atoms in total. The van der Waals surface area contributed by atoms with E-state index in [2.05, 4.69) is 0 Å². The Hall–Kier alpha value is -2.22. The lowest BCUT2D eigenvalue weighted by Gasteiger charge is -2.28. The second kappa shape index (κ2) is 8.21. The van der Waals surface area contributed by atoms with Crippen LogP contribution in [0, 0.1) is 6.92 Å². The van der Waals surface area contributed by atoms with E-state index in [1.807, 2.05) is 42.2 Å². The molecule has 2 aromatic rings. The van der Waals surface area contributed by atoms with E-state index in [0.717, 1.165) is 11.1 Å². The van der Waals surface area contributed by atoms with E-state index < -0.39 is 22.0 Å². The third kappa shape index (κ3) is 4.37. The number of amides is 1. The first-order valence-electron chi connectivity index (χ1n) is 9.05. The monoisotopic (exact) mass is 387 g/mol. The molecule has 1 unspecified atom stereocenters. The summed E-state index contributed by atoms with van der Waals surface area (Å²) in [5, 5.41) is 0. The van der Waals surface area contributed by atoms with Crippen molar-refractivity contribution in [2.45, 2.75) is 24.3 Å². The van der Waals surface area contributed by atoms with E-state index in [-0.39, 0.29) is 0 Å². The Morgan fingerprint density at radius 1 is 0.963 bits per heavy atom. The maximum Gasteiger partial charge on any atom is 0.243 e. The van der Waals surface area contributed by atoms with Gasteiger partial charge in [0.1, 0.15) is 6.04 Å². The van der Waals surface area contributed by atoms with E-state index in [9.17, 15) is 13.2 Å². The summed E-state index contributed by atoms with van der Waals surface area (Å²) in [7, 11) is -3.55. The smallest absolute Gasteiger partial charge is 0.243 e. The summed E-state index contributed by atoms with van der Waals surface area (Å²) in [6.07, 6.45) is 0.641. The number of nitrogens with zero attached hydrogens (tertiary/aromatic N) is 2. The van der Waals surface area contributed by atoms with Gasteiger partial charge in [-0.15, -0.1) is 0 Å². The molecule has 27 heavy (non-hydrogen) atoms. The first-order chi connectivity index (χ1) is 12.9. The third-order valence-electron chi connectivity index (χ3n) is 4.90. The predicted molar refractivity (Wildman–Crippen MR) is 105 cm³/mol. The zero-order valence-corrected chi connectivity index (χ0v) is 16.2. The van der Waals surface area contributed by atoms with Crippen molar-refractivity contribution in [1.82, 2.24) is 9.21 Å². The average molecular weight is 388 g/mol. The average Bonchev–Trinajstić information content (AvgIpc) is 2.89. The van der Waals surface area contributed by atoms with Gasteiger partial charge in [0, 0.05) is 26.2 Å². The highest BCUT2D eigenvalue weighted by Gasteiger charge is 2.31.